The molecule has 2 N–H and O–H groups in total. The van der Waals surface area contributed by atoms with Crippen LogP contribution >= 0.6 is 0 Å². The van der Waals surface area contributed by atoms with Crippen LogP contribution in [0.4, 0.5) is 22.0 Å². The molecule has 1 aliphatic heterocycles. The lowest BCUT2D eigenvalue weighted by Gasteiger charge is -2.27. The minimum absolute atomic E-state index is 0.0194. The largest absolute Gasteiger partial charge is 0.478 e. The summed E-state index contributed by atoms with van der Waals surface area (Å²) in [6, 6.07) is 1.38. The Balaban J connectivity index is 2.11. The van der Waals surface area contributed by atoms with Crippen molar-refractivity contribution in [3.8, 4) is 5.88 Å². The Labute approximate surface area is 163 Å². The smallest absolute Gasteiger partial charge is 0.414 e. The zero-order chi connectivity index (χ0) is 20.3. The van der Waals surface area contributed by atoms with E-state index in [4.69, 9.17) is 15.2 Å². The van der Waals surface area contributed by atoms with Gasteiger partial charge in [0, 0.05) is 18.5 Å². The number of pyridine rings is 1. The van der Waals surface area contributed by atoms with E-state index in [9.17, 15) is 14.9 Å². The molecule has 2 unspecified atom stereocenters. The fourth-order valence-electron chi connectivity index (χ4n) is 3.69. The number of fused-ring (bicyclic) bond motifs is 3. The molecule has 2 bridgehead atoms. The average molecular weight is 388 g/mol. The van der Waals surface area contributed by atoms with Crippen LogP contribution in [0.15, 0.2) is 29.9 Å². The van der Waals surface area contributed by atoms with Crippen molar-refractivity contribution in [2.45, 2.75) is 26.2 Å². The Morgan fingerprint density at radius 2 is 2.25 bits per heavy atom. The van der Waals surface area contributed by atoms with Crippen molar-refractivity contribution in [1.82, 2.24) is 4.98 Å². The molecule has 0 spiro atoms. The van der Waals surface area contributed by atoms with Gasteiger partial charge in [-0.05, 0) is 25.2 Å². The van der Waals surface area contributed by atoms with E-state index in [1.165, 1.54) is 23.6 Å². The second-order valence-corrected chi connectivity index (χ2v) is 6.95. The number of methoxy groups -OCH3 is 1. The third-order valence-corrected chi connectivity index (χ3v) is 5.13. The van der Waals surface area contributed by atoms with Crippen molar-refractivity contribution in [3.63, 3.8) is 0 Å². The standard InChI is InChI=1S/C19H24N4O5/c1-12-6-3-4-9-28-16-10-15(17(23(25)26)18(20)21-16)22(19(24)27-2)11-13-7-5-8-14(12)13/h5,7-8,10,12-13H,3-4,6,9,11H2,1-2H3,(H2,20,21). The van der Waals surface area contributed by atoms with Gasteiger partial charge < -0.3 is 15.2 Å². The third-order valence-electron chi connectivity index (χ3n) is 5.13. The number of nitrogens with two attached hydrogens (primary N) is 1. The van der Waals surface area contributed by atoms with Gasteiger partial charge in [-0.2, -0.15) is 4.98 Å². The molecule has 3 rings (SSSR count). The van der Waals surface area contributed by atoms with Crippen molar-refractivity contribution in [1.29, 1.82) is 0 Å². The van der Waals surface area contributed by atoms with Gasteiger partial charge in [0.05, 0.1) is 18.6 Å². The first-order chi connectivity index (χ1) is 13.4. The molecule has 2 aliphatic rings. The molecular weight excluding hydrogens is 364 g/mol. The number of carbonyl (C=O) groups is 1. The van der Waals surface area contributed by atoms with Gasteiger partial charge in [0.15, 0.2) is 0 Å². The van der Waals surface area contributed by atoms with Crippen LogP contribution in [-0.4, -0.2) is 36.3 Å². The lowest BCUT2D eigenvalue weighted by Crippen LogP contribution is -2.36. The Hall–Kier alpha value is -3.10. The van der Waals surface area contributed by atoms with Gasteiger partial charge in [0.25, 0.3) is 0 Å². The number of hydrogen-bond acceptors (Lipinski definition) is 7. The quantitative estimate of drug-likeness (QED) is 0.577. The zero-order valence-electron chi connectivity index (χ0n) is 16.0. The number of aromatic nitrogens is 1. The van der Waals surface area contributed by atoms with Crippen molar-refractivity contribution in [2.75, 3.05) is 30.9 Å². The average Bonchev–Trinajstić information content (AvgIpc) is 3.12. The molecule has 1 amide bonds. The summed E-state index contributed by atoms with van der Waals surface area (Å²) in [4.78, 5) is 28.8. The normalized spacial score (nSPS) is 22.1. The fraction of sp³-hybridized carbons (Fsp3) is 0.474. The Morgan fingerprint density at radius 1 is 1.46 bits per heavy atom. The predicted octanol–water partition coefficient (Wildman–Crippen LogP) is 3.46. The zero-order valence-corrected chi connectivity index (χ0v) is 16.0. The number of ether oxygens (including phenoxy) is 2. The highest BCUT2D eigenvalue weighted by Gasteiger charge is 2.33. The van der Waals surface area contributed by atoms with Crippen LogP contribution in [0.25, 0.3) is 0 Å². The van der Waals surface area contributed by atoms with E-state index in [0.717, 1.165) is 19.3 Å². The summed E-state index contributed by atoms with van der Waals surface area (Å²) in [7, 11) is 1.24. The number of allylic oxidation sites excluding steroid dienone is 2. The molecule has 28 heavy (non-hydrogen) atoms. The second kappa shape index (κ2) is 8.28. The van der Waals surface area contributed by atoms with Crippen LogP contribution < -0.4 is 15.4 Å². The van der Waals surface area contributed by atoms with E-state index in [0.29, 0.717) is 12.5 Å². The number of carbonyl (C=O) groups excluding carboxylic acids is 1. The maximum Gasteiger partial charge on any atom is 0.414 e. The number of anilines is 2. The van der Waals surface area contributed by atoms with Crippen molar-refractivity contribution >= 4 is 23.3 Å². The number of nitrogen functional groups attached to an aromatic ring is 1. The summed E-state index contributed by atoms with van der Waals surface area (Å²) < 4.78 is 10.6. The van der Waals surface area contributed by atoms with E-state index in [-0.39, 0.29) is 29.8 Å². The summed E-state index contributed by atoms with van der Waals surface area (Å²) in [6.45, 7) is 2.76. The van der Waals surface area contributed by atoms with Gasteiger partial charge >= 0.3 is 11.8 Å². The third kappa shape index (κ3) is 3.92. The predicted molar refractivity (Wildman–Crippen MR) is 104 cm³/mol. The van der Waals surface area contributed by atoms with Gasteiger partial charge in [0.1, 0.15) is 5.69 Å². The van der Waals surface area contributed by atoms with Crippen LogP contribution in [0, 0.1) is 22.0 Å². The summed E-state index contributed by atoms with van der Waals surface area (Å²) in [5.41, 5.74) is 6.62. The molecule has 2 heterocycles. The van der Waals surface area contributed by atoms with Gasteiger partial charge in [-0.25, -0.2) is 4.79 Å². The first-order valence-electron chi connectivity index (χ1n) is 9.23. The number of hydrogen-bond donors (Lipinski definition) is 1. The summed E-state index contributed by atoms with van der Waals surface area (Å²) in [5, 5.41) is 11.6. The Bertz CT molecular complexity index is 836. The molecule has 150 valence electrons. The van der Waals surface area contributed by atoms with E-state index < -0.39 is 16.7 Å². The Morgan fingerprint density at radius 3 is 2.96 bits per heavy atom. The van der Waals surface area contributed by atoms with Crippen LogP contribution in [0.1, 0.15) is 26.2 Å². The lowest BCUT2D eigenvalue weighted by atomic mass is 9.87. The number of nitro groups is 1. The van der Waals surface area contributed by atoms with Gasteiger partial charge in [0.2, 0.25) is 11.7 Å². The molecule has 0 radical (unpaired) electrons. The minimum Gasteiger partial charge on any atom is -0.478 e. The summed E-state index contributed by atoms with van der Waals surface area (Å²) in [6.07, 6.45) is 8.09. The van der Waals surface area contributed by atoms with Gasteiger partial charge in [-0.3, -0.25) is 15.0 Å². The first-order valence-corrected chi connectivity index (χ1v) is 9.23. The van der Waals surface area contributed by atoms with Crippen LogP contribution in [0.3, 0.4) is 0 Å². The van der Waals surface area contributed by atoms with Crippen LogP contribution in [0.2, 0.25) is 0 Å². The fourth-order valence-corrected chi connectivity index (χ4v) is 3.69. The highest BCUT2D eigenvalue weighted by atomic mass is 16.6. The number of amides is 1. The second-order valence-electron chi connectivity index (χ2n) is 6.95. The van der Waals surface area contributed by atoms with E-state index in [1.54, 1.807) is 0 Å². The number of nitrogens with zero attached hydrogens (tertiary/aromatic N) is 3. The van der Waals surface area contributed by atoms with Crippen LogP contribution in [-0.2, 0) is 4.74 Å². The highest BCUT2D eigenvalue weighted by molar-refractivity contribution is 5.93. The number of rotatable bonds is 1. The minimum atomic E-state index is -0.707. The topological polar surface area (TPSA) is 121 Å². The van der Waals surface area contributed by atoms with Gasteiger partial charge in [-0.15, -0.1) is 0 Å². The first kappa shape index (κ1) is 19.7. The lowest BCUT2D eigenvalue weighted by molar-refractivity contribution is -0.383. The van der Waals surface area contributed by atoms with E-state index >= 15 is 0 Å². The summed E-state index contributed by atoms with van der Waals surface area (Å²) >= 11 is 0. The SMILES string of the molecule is COC(=O)N1CC2C=CC=C2C(C)CCCCOc2cc1c([N+](=O)[O-])c(N)n2. The molecular formula is C19H24N4O5. The monoisotopic (exact) mass is 388 g/mol. The highest BCUT2D eigenvalue weighted by Crippen LogP contribution is 2.39. The molecule has 0 fully saturated rings. The molecule has 0 aromatic carbocycles. The molecule has 1 aliphatic carbocycles. The summed E-state index contributed by atoms with van der Waals surface area (Å²) in [5.74, 6) is 0.110. The maximum atomic E-state index is 12.5. The van der Waals surface area contributed by atoms with E-state index in [1.807, 2.05) is 12.2 Å². The van der Waals surface area contributed by atoms with Crippen LogP contribution in [0.5, 0.6) is 5.88 Å². The molecule has 1 aromatic heterocycles. The van der Waals surface area contributed by atoms with Crippen molar-refractivity contribution in [3.05, 3.63) is 40.0 Å². The molecule has 9 nitrogen and oxygen atoms in total. The van der Waals surface area contributed by atoms with Crippen molar-refractivity contribution in [2.24, 2.45) is 11.8 Å². The molecule has 9 heteroatoms. The molecule has 2 atom stereocenters. The van der Waals surface area contributed by atoms with Crippen molar-refractivity contribution < 1.29 is 19.2 Å². The van der Waals surface area contributed by atoms with E-state index in [2.05, 4.69) is 18.0 Å². The molecule has 0 saturated carbocycles. The Kier molecular flexibility index (Phi) is 5.81. The maximum absolute atomic E-state index is 12.5. The van der Waals surface area contributed by atoms with Gasteiger partial charge in [-0.1, -0.05) is 30.7 Å². The molecule has 0 saturated heterocycles. The molecule has 1 aromatic rings.